The number of rotatable bonds is 38. The van der Waals surface area contributed by atoms with Crippen molar-refractivity contribution in [3.63, 3.8) is 0 Å². The fourth-order valence-corrected chi connectivity index (χ4v) is 7.88. The average molecular weight is 962 g/mol. The number of hydrogen-bond acceptors (Lipinski definition) is 13. The Bertz CT molecular complexity index is 1460. The first-order valence-electron chi connectivity index (χ1n) is 25.8. The van der Waals surface area contributed by atoms with E-state index in [4.69, 9.17) is 18.9 Å². The van der Waals surface area contributed by atoms with E-state index in [1.807, 2.05) is 6.08 Å². The van der Waals surface area contributed by atoms with E-state index in [1.165, 1.54) is 38.5 Å². The molecule has 1 amide bonds. The van der Waals surface area contributed by atoms with Gasteiger partial charge in [-0.15, -0.1) is 0 Å². The van der Waals surface area contributed by atoms with Gasteiger partial charge in [0.2, 0.25) is 5.91 Å². The average Bonchev–Trinajstić information content (AvgIpc) is 3.34. The van der Waals surface area contributed by atoms with Gasteiger partial charge in [-0.2, -0.15) is 0 Å². The molecular formula is C54H91NO13. The summed E-state index contributed by atoms with van der Waals surface area (Å²) in [6.45, 7) is 2.52. The molecule has 0 aromatic heterocycles. The van der Waals surface area contributed by atoms with Gasteiger partial charge in [0.25, 0.3) is 0 Å². The summed E-state index contributed by atoms with van der Waals surface area (Å²) in [5, 5.41) is 86.2. The standard InChI is InChI=1S/C54H91NO13/c1-3-5-7-9-10-11-12-13-14-15-16-17-18-19-20-21-22-23-24-25-26-27-28-29-30-31-32-34-36-38-46(59)55-42(43(58)37-35-33-8-6-4-2)41-65-53-51(64)49(62)52(45(40-57)67-53)68-54-50(63)48(61)47(60)44(39-56)66-54/h5,7,10-11,13-14,16-17,19-20,22-23,35,37,42-45,47-54,56-58,60-64H,3-4,6,8-9,12,15,18,21,24-34,36,38-41H2,1-2H3,(H,55,59)/b7-5-,11-10-,14-13-,17-16-,20-19-,23-22-,37-35+. The number of allylic oxidation sites excluding steroid dienone is 13. The van der Waals surface area contributed by atoms with Crippen molar-refractivity contribution in [2.45, 2.75) is 229 Å². The molecule has 2 heterocycles. The van der Waals surface area contributed by atoms with Gasteiger partial charge < -0.3 is 65.1 Å². The van der Waals surface area contributed by atoms with Crippen LogP contribution in [0, 0.1) is 0 Å². The van der Waals surface area contributed by atoms with Crippen LogP contribution in [-0.4, -0.2) is 140 Å². The van der Waals surface area contributed by atoms with Gasteiger partial charge in [-0.25, -0.2) is 0 Å². The molecular weight excluding hydrogens is 871 g/mol. The van der Waals surface area contributed by atoms with Gasteiger partial charge in [0.15, 0.2) is 12.6 Å². The zero-order valence-corrected chi connectivity index (χ0v) is 41.3. The summed E-state index contributed by atoms with van der Waals surface area (Å²) >= 11 is 0. The molecule has 68 heavy (non-hydrogen) atoms. The maximum atomic E-state index is 13.1. The van der Waals surface area contributed by atoms with Crippen molar-refractivity contribution in [3.8, 4) is 0 Å². The van der Waals surface area contributed by atoms with Crippen molar-refractivity contribution in [3.05, 3.63) is 85.1 Å². The third-order valence-electron chi connectivity index (χ3n) is 12.1. The zero-order valence-electron chi connectivity index (χ0n) is 41.3. The van der Waals surface area contributed by atoms with Crippen LogP contribution in [-0.2, 0) is 23.7 Å². The normalized spacial score (nSPS) is 27.1. The Morgan fingerprint density at radius 2 is 1.01 bits per heavy atom. The number of nitrogens with one attached hydrogen (secondary N) is 1. The topological polar surface area (TPSA) is 228 Å². The molecule has 12 unspecified atom stereocenters. The van der Waals surface area contributed by atoms with Gasteiger partial charge in [0.1, 0.15) is 48.8 Å². The second-order valence-corrected chi connectivity index (χ2v) is 17.9. The van der Waals surface area contributed by atoms with E-state index < -0.39 is 86.8 Å². The van der Waals surface area contributed by atoms with Crippen LogP contribution in [0.2, 0.25) is 0 Å². The maximum absolute atomic E-state index is 13.1. The summed E-state index contributed by atoms with van der Waals surface area (Å²) in [7, 11) is 0. The lowest BCUT2D eigenvalue weighted by Crippen LogP contribution is -2.65. The smallest absolute Gasteiger partial charge is 0.220 e. The molecule has 0 saturated carbocycles. The van der Waals surface area contributed by atoms with Crippen LogP contribution in [0.4, 0.5) is 0 Å². The first-order valence-corrected chi connectivity index (χ1v) is 25.8. The number of unbranched alkanes of at least 4 members (excludes halogenated alkanes) is 13. The van der Waals surface area contributed by atoms with Crippen molar-refractivity contribution < 1.29 is 64.6 Å². The molecule has 2 rings (SSSR count). The lowest BCUT2D eigenvalue weighted by molar-refractivity contribution is -0.359. The molecule has 12 atom stereocenters. The van der Waals surface area contributed by atoms with Crippen molar-refractivity contribution in [2.24, 2.45) is 0 Å². The van der Waals surface area contributed by atoms with Crippen LogP contribution in [0.25, 0.3) is 0 Å². The minimum Gasteiger partial charge on any atom is -0.394 e. The monoisotopic (exact) mass is 962 g/mol. The summed E-state index contributed by atoms with van der Waals surface area (Å²) in [6.07, 6.45) is 35.5. The third kappa shape index (κ3) is 26.4. The van der Waals surface area contributed by atoms with Gasteiger partial charge >= 0.3 is 0 Å². The number of amides is 1. The molecule has 2 fully saturated rings. The van der Waals surface area contributed by atoms with Crippen LogP contribution in [0.3, 0.4) is 0 Å². The van der Waals surface area contributed by atoms with Crippen LogP contribution in [0.5, 0.6) is 0 Å². The molecule has 390 valence electrons. The molecule has 14 nitrogen and oxygen atoms in total. The van der Waals surface area contributed by atoms with E-state index in [-0.39, 0.29) is 18.9 Å². The van der Waals surface area contributed by atoms with Crippen molar-refractivity contribution in [1.82, 2.24) is 5.32 Å². The molecule has 0 bridgehead atoms. The maximum Gasteiger partial charge on any atom is 0.220 e. The molecule has 0 aliphatic carbocycles. The number of carbonyl (C=O) groups is 1. The number of aliphatic hydroxyl groups excluding tert-OH is 8. The first kappa shape index (κ1) is 61.3. The van der Waals surface area contributed by atoms with Crippen molar-refractivity contribution in [1.29, 1.82) is 0 Å². The fourth-order valence-electron chi connectivity index (χ4n) is 7.88. The lowest BCUT2D eigenvalue weighted by atomic mass is 9.97. The Hall–Kier alpha value is -2.83. The van der Waals surface area contributed by atoms with E-state index >= 15 is 0 Å². The second kappa shape index (κ2) is 39.8. The summed E-state index contributed by atoms with van der Waals surface area (Å²) in [4.78, 5) is 13.1. The van der Waals surface area contributed by atoms with Crippen LogP contribution in [0.1, 0.15) is 155 Å². The van der Waals surface area contributed by atoms with E-state index in [9.17, 15) is 45.6 Å². The van der Waals surface area contributed by atoms with Gasteiger partial charge in [-0.1, -0.05) is 163 Å². The molecule has 2 saturated heterocycles. The Kier molecular flexibility index (Phi) is 35.9. The molecule has 2 aliphatic heterocycles. The van der Waals surface area contributed by atoms with Crippen molar-refractivity contribution >= 4 is 5.91 Å². The van der Waals surface area contributed by atoms with E-state index in [1.54, 1.807) is 6.08 Å². The van der Waals surface area contributed by atoms with Gasteiger partial charge in [0, 0.05) is 6.42 Å². The zero-order chi connectivity index (χ0) is 49.6. The van der Waals surface area contributed by atoms with Crippen molar-refractivity contribution in [2.75, 3.05) is 19.8 Å². The highest BCUT2D eigenvalue weighted by atomic mass is 16.7. The molecule has 0 radical (unpaired) electrons. The summed E-state index contributed by atoms with van der Waals surface area (Å²) in [5.74, 6) is -0.257. The minimum atomic E-state index is -1.79. The lowest BCUT2D eigenvalue weighted by Gasteiger charge is -2.46. The summed E-state index contributed by atoms with van der Waals surface area (Å²) < 4.78 is 22.5. The summed E-state index contributed by atoms with van der Waals surface area (Å²) in [6, 6.07) is -0.917. The molecule has 0 aromatic rings. The Balaban J connectivity index is 1.64. The molecule has 14 heteroatoms. The van der Waals surface area contributed by atoms with Gasteiger partial charge in [0.05, 0.1) is 32.0 Å². The highest BCUT2D eigenvalue weighted by Crippen LogP contribution is 2.30. The Labute approximate surface area is 408 Å². The third-order valence-corrected chi connectivity index (χ3v) is 12.1. The highest BCUT2D eigenvalue weighted by molar-refractivity contribution is 5.76. The molecule has 0 spiro atoms. The Morgan fingerprint density at radius 3 is 1.56 bits per heavy atom. The van der Waals surface area contributed by atoms with E-state index in [0.29, 0.717) is 6.42 Å². The van der Waals surface area contributed by atoms with Crippen LogP contribution < -0.4 is 5.32 Å². The van der Waals surface area contributed by atoms with Gasteiger partial charge in [-0.3, -0.25) is 4.79 Å². The largest absolute Gasteiger partial charge is 0.394 e. The summed E-state index contributed by atoms with van der Waals surface area (Å²) in [5.41, 5.74) is 0. The number of ether oxygens (including phenoxy) is 4. The predicted molar refractivity (Wildman–Crippen MR) is 267 cm³/mol. The molecule has 9 N–H and O–H groups in total. The quantitative estimate of drug-likeness (QED) is 0.0225. The number of aliphatic hydroxyl groups is 8. The number of hydrogen-bond donors (Lipinski definition) is 9. The van der Waals surface area contributed by atoms with Crippen LogP contribution >= 0.6 is 0 Å². The molecule has 0 aromatic carbocycles. The highest BCUT2D eigenvalue weighted by Gasteiger charge is 2.51. The Morgan fingerprint density at radius 1 is 0.544 bits per heavy atom. The fraction of sp³-hybridized carbons (Fsp3) is 0.722. The van der Waals surface area contributed by atoms with Gasteiger partial charge in [-0.05, 0) is 70.6 Å². The number of carbonyl (C=O) groups excluding carboxylic acids is 1. The van der Waals surface area contributed by atoms with E-state index in [2.05, 4.69) is 92.1 Å². The predicted octanol–water partition coefficient (Wildman–Crippen LogP) is 6.99. The SMILES string of the molecule is CC/C=C\C/C=C\C/C=C\C/C=C\C/C=C\C/C=C\CCCCCCCCCCCCC(=O)NC(COC1OC(CO)C(OC2OC(CO)C(O)C(O)C2O)C(O)C1O)C(O)/C=C/CCCCC. The molecule has 2 aliphatic rings. The van der Waals surface area contributed by atoms with E-state index in [0.717, 1.165) is 89.9 Å². The minimum absolute atomic E-state index is 0.257. The van der Waals surface area contributed by atoms with Crippen LogP contribution in [0.15, 0.2) is 85.1 Å². The first-order chi connectivity index (χ1) is 33.1. The second-order valence-electron chi connectivity index (χ2n) is 17.9.